The minimum Gasteiger partial charge on any atom is -0.444 e. The Hall–Kier alpha value is -2.30. The van der Waals surface area contributed by atoms with E-state index >= 15 is 0 Å². The van der Waals surface area contributed by atoms with Crippen LogP contribution >= 0.6 is 0 Å². The fourth-order valence-electron chi connectivity index (χ4n) is 5.62. The van der Waals surface area contributed by atoms with E-state index in [-0.39, 0.29) is 17.4 Å². The molecule has 0 bridgehead atoms. The minimum atomic E-state index is -0.472. The lowest BCUT2D eigenvalue weighted by molar-refractivity contribution is -0.128. The van der Waals surface area contributed by atoms with Gasteiger partial charge in [0.15, 0.2) is 0 Å². The second kappa shape index (κ2) is 8.68. The van der Waals surface area contributed by atoms with Crippen molar-refractivity contribution in [2.75, 3.05) is 26.2 Å². The smallest absolute Gasteiger partial charge is 0.410 e. The molecular weight excluding hydrogens is 388 g/mol. The fourth-order valence-corrected chi connectivity index (χ4v) is 5.62. The highest BCUT2D eigenvalue weighted by Gasteiger charge is 2.47. The Bertz CT molecular complexity index is 834. The van der Waals surface area contributed by atoms with Crippen molar-refractivity contribution in [1.82, 2.24) is 9.80 Å². The van der Waals surface area contributed by atoms with Crippen molar-refractivity contribution in [2.24, 2.45) is 11.3 Å². The number of hydrogen-bond acceptors (Lipinski definition) is 3. The summed E-state index contributed by atoms with van der Waals surface area (Å²) in [6.45, 7) is 8.82. The Morgan fingerprint density at radius 1 is 1.13 bits per heavy atom. The molecule has 31 heavy (non-hydrogen) atoms. The summed E-state index contributed by atoms with van der Waals surface area (Å²) in [4.78, 5) is 29.6. The molecule has 1 saturated carbocycles. The number of piperidine rings is 1. The summed E-state index contributed by atoms with van der Waals surface area (Å²) in [5, 5.41) is 0. The van der Waals surface area contributed by atoms with Crippen LogP contribution in [0.3, 0.4) is 0 Å². The number of benzene rings is 1. The van der Waals surface area contributed by atoms with Crippen LogP contribution in [0.15, 0.2) is 36.4 Å². The molecule has 2 heterocycles. The molecule has 1 spiro atoms. The van der Waals surface area contributed by atoms with Crippen molar-refractivity contribution in [3.8, 4) is 0 Å². The molecule has 1 aliphatic carbocycles. The highest BCUT2D eigenvalue weighted by molar-refractivity contribution is 5.97. The Morgan fingerprint density at radius 3 is 2.48 bits per heavy atom. The first-order valence-corrected chi connectivity index (χ1v) is 11.8. The SMILES string of the molecule is CC(C)(C)OC(=O)N1CCC(CN2CCC(c3ccccc3)=CC2=O)C2(CCCC2)C1. The fraction of sp³-hybridized carbons (Fsp3) is 0.615. The lowest BCUT2D eigenvalue weighted by Crippen LogP contribution is -2.54. The molecule has 1 atom stereocenters. The molecule has 1 unspecified atom stereocenters. The first-order chi connectivity index (χ1) is 14.8. The van der Waals surface area contributed by atoms with Gasteiger partial charge in [0.2, 0.25) is 5.91 Å². The van der Waals surface area contributed by atoms with Crippen LogP contribution in [-0.2, 0) is 9.53 Å². The van der Waals surface area contributed by atoms with Crippen LogP contribution in [0.5, 0.6) is 0 Å². The average molecular weight is 425 g/mol. The highest BCUT2D eigenvalue weighted by Crippen LogP contribution is 2.49. The Labute approximate surface area is 186 Å². The molecule has 3 aliphatic rings. The number of likely N-dealkylation sites (tertiary alicyclic amines) is 1. The molecule has 2 aliphatic heterocycles. The van der Waals surface area contributed by atoms with Crippen LogP contribution in [0.4, 0.5) is 4.79 Å². The first kappa shape index (κ1) is 21.9. The monoisotopic (exact) mass is 424 g/mol. The second-order valence-corrected chi connectivity index (χ2v) is 10.5. The number of ether oxygens (including phenoxy) is 1. The summed E-state index contributed by atoms with van der Waals surface area (Å²) in [6, 6.07) is 10.2. The van der Waals surface area contributed by atoms with Crippen LogP contribution in [-0.4, -0.2) is 53.6 Å². The van der Waals surface area contributed by atoms with Gasteiger partial charge < -0.3 is 14.5 Å². The Morgan fingerprint density at radius 2 is 1.84 bits per heavy atom. The molecule has 1 aromatic rings. The van der Waals surface area contributed by atoms with Gasteiger partial charge in [0.25, 0.3) is 0 Å². The van der Waals surface area contributed by atoms with E-state index in [0.29, 0.717) is 12.5 Å². The van der Waals surface area contributed by atoms with Crippen molar-refractivity contribution in [3.05, 3.63) is 42.0 Å². The topological polar surface area (TPSA) is 49.9 Å². The minimum absolute atomic E-state index is 0.124. The Kier molecular flexibility index (Phi) is 6.14. The lowest BCUT2D eigenvalue weighted by atomic mass is 9.69. The van der Waals surface area contributed by atoms with E-state index < -0.39 is 5.60 Å². The van der Waals surface area contributed by atoms with Gasteiger partial charge in [-0.3, -0.25) is 4.79 Å². The van der Waals surface area contributed by atoms with Crippen molar-refractivity contribution in [1.29, 1.82) is 0 Å². The third-order valence-corrected chi connectivity index (χ3v) is 7.22. The van der Waals surface area contributed by atoms with Gasteiger partial charge in [-0.15, -0.1) is 0 Å². The van der Waals surface area contributed by atoms with Gasteiger partial charge in [0, 0.05) is 32.3 Å². The van der Waals surface area contributed by atoms with Crippen LogP contribution in [0.2, 0.25) is 0 Å². The van der Waals surface area contributed by atoms with E-state index in [0.717, 1.165) is 56.5 Å². The molecule has 1 saturated heterocycles. The van der Waals surface area contributed by atoms with Gasteiger partial charge in [-0.25, -0.2) is 4.79 Å². The maximum Gasteiger partial charge on any atom is 0.410 e. The summed E-state index contributed by atoms with van der Waals surface area (Å²) >= 11 is 0. The van der Waals surface area contributed by atoms with Crippen molar-refractivity contribution < 1.29 is 14.3 Å². The third-order valence-electron chi connectivity index (χ3n) is 7.22. The van der Waals surface area contributed by atoms with Gasteiger partial charge in [-0.1, -0.05) is 43.2 Å². The maximum absolute atomic E-state index is 12.9. The molecule has 5 heteroatoms. The van der Waals surface area contributed by atoms with E-state index in [1.54, 1.807) is 0 Å². The molecule has 0 radical (unpaired) electrons. The predicted molar refractivity (Wildman–Crippen MR) is 122 cm³/mol. The molecule has 2 amide bonds. The van der Waals surface area contributed by atoms with Gasteiger partial charge >= 0.3 is 6.09 Å². The van der Waals surface area contributed by atoms with E-state index in [2.05, 4.69) is 12.1 Å². The van der Waals surface area contributed by atoms with E-state index in [9.17, 15) is 9.59 Å². The average Bonchev–Trinajstić information content (AvgIpc) is 3.19. The molecule has 4 rings (SSSR count). The summed E-state index contributed by atoms with van der Waals surface area (Å²) in [6.07, 6.45) is 8.19. The number of rotatable bonds is 3. The zero-order chi connectivity index (χ0) is 22.1. The van der Waals surface area contributed by atoms with Crippen LogP contribution in [0, 0.1) is 11.3 Å². The number of amides is 2. The van der Waals surface area contributed by atoms with Gasteiger partial charge in [0.05, 0.1) is 0 Å². The van der Waals surface area contributed by atoms with Crippen molar-refractivity contribution in [3.63, 3.8) is 0 Å². The molecule has 0 aromatic heterocycles. The number of hydrogen-bond donors (Lipinski definition) is 0. The van der Waals surface area contributed by atoms with Crippen molar-refractivity contribution >= 4 is 17.6 Å². The normalized spacial score (nSPS) is 23.8. The van der Waals surface area contributed by atoms with Crippen molar-refractivity contribution in [2.45, 2.75) is 64.9 Å². The van der Waals surface area contributed by atoms with E-state index in [1.807, 2.05) is 54.8 Å². The quantitative estimate of drug-likeness (QED) is 0.677. The number of nitrogens with zero attached hydrogens (tertiary/aromatic N) is 2. The Balaban J connectivity index is 1.43. The molecular formula is C26H36N2O3. The summed E-state index contributed by atoms with van der Waals surface area (Å²) in [5.74, 6) is 0.581. The molecule has 2 fully saturated rings. The third kappa shape index (κ3) is 4.97. The number of carbonyl (C=O) groups is 2. The van der Waals surface area contributed by atoms with Gasteiger partial charge in [-0.2, -0.15) is 0 Å². The van der Waals surface area contributed by atoms with Crippen LogP contribution in [0.1, 0.15) is 64.9 Å². The van der Waals surface area contributed by atoms with Gasteiger partial charge in [0.1, 0.15) is 5.60 Å². The van der Waals surface area contributed by atoms with E-state index in [4.69, 9.17) is 4.74 Å². The van der Waals surface area contributed by atoms with Crippen LogP contribution in [0.25, 0.3) is 5.57 Å². The van der Waals surface area contributed by atoms with Crippen LogP contribution < -0.4 is 0 Å². The summed E-state index contributed by atoms with van der Waals surface area (Å²) in [5.41, 5.74) is 1.93. The lowest BCUT2D eigenvalue weighted by Gasteiger charge is -2.48. The van der Waals surface area contributed by atoms with Gasteiger partial charge in [-0.05, 0) is 68.9 Å². The largest absolute Gasteiger partial charge is 0.444 e. The predicted octanol–water partition coefficient (Wildman–Crippen LogP) is 5.12. The highest BCUT2D eigenvalue weighted by atomic mass is 16.6. The summed E-state index contributed by atoms with van der Waals surface area (Å²) in [7, 11) is 0. The molecule has 5 nitrogen and oxygen atoms in total. The molecule has 168 valence electrons. The molecule has 0 N–H and O–H groups in total. The van der Waals surface area contributed by atoms with E-state index in [1.165, 1.54) is 12.8 Å². The maximum atomic E-state index is 12.9. The second-order valence-electron chi connectivity index (χ2n) is 10.5. The zero-order valence-electron chi connectivity index (χ0n) is 19.2. The standard InChI is InChI=1S/C26H36N2O3/c1-25(2,3)31-24(30)28-16-12-22(26(19-28)13-7-8-14-26)18-27-15-11-21(17-23(27)29)20-9-5-4-6-10-20/h4-6,9-10,17,22H,7-8,11-16,18-19H2,1-3H3. The summed E-state index contributed by atoms with van der Waals surface area (Å²) < 4.78 is 5.65. The zero-order valence-corrected chi connectivity index (χ0v) is 19.2. The number of carbonyl (C=O) groups excluding carboxylic acids is 2. The first-order valence-electron chi connectivity index (χ1n) is 11.8. The molecule has 1 aromatic carbocycles.